The van der Waals surface area contributed by atoms with Gasteiger partial charge >= 0.3 is 0 Å². The first-order valence-electron chi connectivity index (χ1n) is 10.3. The van der Waals surface area contributed by atoms with Crippen molar-refractivity contribution in [2.24, 2.45) is 5.92 Å². The number of methoxy groups -OCH3 is 1. The van der Waals surface area contributed by atoms with Crippen LogP contribution in [0.25, 0.3) is 11.5 Å². The van der Waals surface area contributed by atoms with Gasteiger partial charge in [0.1, 0.15) is 23.1 Å². The lowest BCUT2D eigenvalue weighted by Gasteiger charge is -2.32. The third-order valence-corrected chi connectivity index (χ3v) is 5.47. The monoisotopic (exact) mass is 410 g/mol. The molecule has 4 rings (SSSR count). The first-order chi connectivity index (χ1) is 14.6. The summed E-state index contributed by atoms with van der Waals surface area (Å²) in [6.07, 6.45) is 2.27. The molecule has 1 aliphatic rings. The highest BCUT2D eigenvalue weighted by atomic mass is 19.1. The number of hydrogen-bond donors (Lipinski definition) is 0. The molecule has 1 aliphatic heterocycles. The van der Waals surface area contributed by atoms with Crippen molar-refractivity contribution in [1.29, 1.82) is 0 Å². The molecule has 2 heterocycles. The summed E-state index contributed by atoms with van der Waals surface area (Å²) in [6.45, 7) is 5.29. The Morgan fingerprint density at radius 1 is 1.17 bits per heavy atom. The van der Waals surface area contributed by atoms with Crippen LogP contribution in [-0.4, -0.2) is 36.7 Å². The highest BCUT2D eigenvalue weighted by Crippen LogP contribution is 2.26. The SMILES string of the molecule is COc1cccc(OC[C@@H]2CCCN(Cc3nc(-c4cccc(F)c4)oc3C)C2)c1. The van der Waals surface area contributed by atoms with Crippen molar-refractivity contribution in [2.45, 2.75) is 26.3 Å². The van der Waals surface area contributed by atoms with Crippen LogP contribution < -0.4 is 9.47 Å². The van der Waals surface area contributed by atoms with Gasteiger partial charge in [0.25, 0.3) is 0 Å². The van der Waals surface area contributed by atoms with Crippen LogP contribution in [0.1, 0.15) is 24.3 Å². The maximum Gasteiger partial charge on any atom is 0.226 e. The summed E-state index contributed by atoms with van der Waals surface area (Å²) >= 11 is 0. The number of ether oxygens (including phenoxy) is 2. The molecule has 1 fully saturated rings. The third kappa shape index (κ3) is 5.00. The molecule has 1 atom stereocenters. The number of nitrogens with zero attached hydrogens (tertiary/aromatic N) is 2. The second-order valence-corrected chi connectivity index (χ2v) is 7.77. The van der Waals surface area contributed by atoms with Crippen molar-refractivity contribution in [3.05, 3.63) is 65.8 Å². The van der Waals surface area contributed by atoms with Crippen molar-refractivity contribution >= 4 is 0 Å². The molecule has 5 nitrogen and oxygen atoms in total. The van der Waals surface area contributed by atoms with Crippen LogP contribution in [0.5, 0.6) is 11.5 Å². The van der Waals surface area contributed by atoms with E-state index in [-0.39, 0.29) is 5.82 Å². The number of rotatable bonds is 7. The normalized spacial score (nSPS) is 17.1. The van der Waals surface area contributed by atoms with Gasteiger partial charge in [0.15, 0.2) is 0 Å². The van der Waals surface area contributed by atoms with E-state index in [9.17, 15) is 4.39 Å². The maximum absolute atomic E-state index is 13.5. The Balaban J connectivity index is 1.36. The highest BCUT2D eigenvalue weighted by Gasteiger charge is 2.23. The van der Waals surface area contributed by atoms with Gasteiger partial charge in [-0.25, -0.2) is 9.37 Å². The van der Waals surface area contributed by atoms with Crippen molar-refractivity contribution in [1.82, 2.24) is 9.88 Å². The van der Waals surface area contributed by atoms with Crippen molar-refractivity contribution in [2.75, 3.05) is 26.8 Å². The van der Waals surface area contributed by atoms with E-state index < -0.39 is 0 Å². The van der Waals surface area contributed by atoms with Gasteiger partial charge in [0.05, 0.1) is 19.4 Å². The zero-order valence-electron chi connectivity index (χ0n) is 17.4. The molecule has 0 aliphatic carbocycles. The Hall–Kier alpha value is -2.86. The maximum atomic E-state index is 13.5. The molecule has 1 aromatic heterocycles. The molecule has 0 N–H and O–H groups in total. The van der Waals surface area contributed by atoms with Crippen molar-refractivity contribution in [3.8, 4) is 23.0 Å². The van der Waals surface area contributed by atoms with E-state index in [1.54, 1.807) is 13.2 Å². The summed E-state index contributed by atoms with van der Waals surface area (Å²) in [7, 11) is 1.66. The quantitative estimate of drug-likeness (QED) is 0.543. The number of halogens is 1. The molecule has 1 saturated heterocycles. The summed E-state index contributed by atoms with van der Waals surface area (Å²) < 4.78 is 30.6. The van der Waals surface area contributed by atoms with Gasteiger partial charge in [0, 0.05) is 30.6 Å². The van der Waals surface area contributed by atoms with Gasteiger partial charge in [-0.3, -0.25) is 4.90 Å². The van der Waals surface area contributed by atoms with Gasteiger partial charge in [-0.2, -0.15) is 0 Å². The average molecular weight is 410 g/mol. The van der Waals surface area contributed by atoms with Gasteiger partial charge in [-0.05, 0) is 56.6 Å². The average Bonchev–Trinajstić information content (AvgIpc) is 3.13. The van der Waals surface area contributed by atoms with E-state index in [1.807, 2.05) is 37.3 Å². The largest absolute Gasteiger partial charge is 0.497 e. The fraction of sp³-hybridized carbons (Fsp3) is 0.375. The predicted octanol–water partition coefficient (Wildman–Crippen LogP) is 5.09. The first kappa shape index (κ1) is 20.4. The molecule has 0 spiro atoms. The number of aryl methyl sites for hydroxylation is 1. The molecule has 0 radical (unpaired) electrons. The summed E-state index contributed by atoms with van der Waals surface area (Å²) in [5.41, 5.74) is 1.57. The summed E-state index contributed by atoms with van der Waals surface area (Å²) in [6, 6.07) is 14.1. The molecule has 158 valence electrons. The Labute approximate surface area is 176 Å². The van der Waals surface area contributed by atoms with Crippen molar-refractivity contribution in [3.63, 3.8) is 0 Å². The summed E-state index contributed by atoms with van der Waals surface area (Å²) in [4.78, 5) is 7.02. The first-order valence-corrected chi connectivity index (χ1v) is 10.3. The lowest BCUT2D eigenvalue weighted by molar-refractivity contribution is 0.123. The van der Waals surface area contributed by atoms with Crippen LogP contribution in [0, 0.1) is 18.7 Å². The van der Waals surface area contributed by atoms with Gasteiger partial charge < -0.3 is 13.9 Å². The minimum absolute atomic E-state index is 0.292. The summed E-state index contributed by atoms with van der Waals surface area (Å²) in [5, 5.41) is 0. The molecular formula is C24H27FN2O3. The molecule has 0 amide bonds. The Morgan fingerprint density at radius 2 is 2.00 bits per heavy atom. The van der Waals surface area contributed by atoms with E-state index >= 15 is 0 Å². The number of oxazole rings is 1. The smallest absolute Gasteiger partial charge is 0.226 e. The Bertz CT molecular complexity index is 988. The Kier molecular flexibility index (Phi) is 6.33. The van der Waals surface area contributed by atoms with Crippen LogP contribution in [0.3, 0.4) is 0 Å². The second kappa shape index (κ2) is 9.30. The van der Waals surface area contributed by atoms with Gasteiger partial charge in [-0.1, -0.05) is 12.1 Å². The van der Waals surface area contributed by atoms with E-state index in [0.29, 0.717) is 24.0 Å². The Morgan fingerprint density at radius 3 is 2.83 bits per heavy atom. The fourth-order valence-electron chi connectivity index (χ4n) is 3.87. The van der Waals surface area contributed by atoms with E-state index in [0.717, 1.165) is 55.4 Å². The minimum atomic E-state index is -0.292. The van der Waals surface area contributed by atoms with Gasteiger partial charge in [-0.15, -0.1) is 0 Å². The topological polar surface area (TPSA) is 47.7 Å². The molecule has 0 unspecified atom stereocenters. The third-order valence-electron chi connectivity index (χ3n) is 5.47. The zero-order chi connectivity index (χ0) is 20.9. The minimum Gasteiger partial charge on any atom is -0.497 e. The molecule has 0 saturated carbocycles. The van der Waals surface area contributed by atoms with E-state index in [1.165, 1.54) is 12.1 Å². The number of aromatic nitrogens is 1. The lowest BCUT2D eigenvalue weighted by atomic mass is 9.99. The molecule has 3 aromatic rings. The zero-order valence-corrected chi connectivity index (χ0v) is 17.4. The van der Waals surface area contributed by atoms with Crippen molar-refractivity contribution < 1.29 is 18.3 Å². The number of benzene rings is 2. The molecule has 30 heavy (non-hydrogen) atoms. The van der Waals surface area contributed by atoms with Crippen LogP contribution in [0.2, 0.25) is 0 Å². The van der Waals surface area contributed by atoms with Crippen LogP contribution in [0.4, 0.5) is 4.39 Å². The fourth-order valence-corrected chi connectivity index (χ4v) is 3.87. The molecule has 0 bridgehead atoms. The number of likely N-dealkylation sites (tertiary alicyclic amines) is 1. The molecule has 6 heteroatoms. The summed E-state index contributed by atoms with van der Waals surface area (Å²) in [5.74, 6) is 3.05. The molecular weight excluding hydrogens is 383 g/mol. The lowest BCUT2D eigenvalue weighted by Crippen LogP contribution is -2.37. The number of hydrogen-bond acceptors (Lipinski definition) is 5. The van der Waals surface area contributed by atoms with E-state index in [4.69, 9.17) is 13.9 Å². The van der Waals surface area contributed by atoms with Gasteiger partial charge in [0.2, 0.25) is 5.89 Å². The number of piperidine rings is 1. The van der Waals surface area contributed by atoms with Crippen LogP contribution in [0.15, 0.2) is 52.9 Å². The molecule has 2 aromatic carbocycles. The highest BCUT2D eigenvalue weighted by molar-refractivity contribution is 5.53. The van der Waals surface area contributed by atoms with Crippen LogP contribution in [-0.2, 0) is 6.54 Å². The standard InChI is InChI=1S/C24H27FN2O3/c1-17-23(26-24(30-17)19-7-3-8-20(25)12-19)15-27-11-5-6-18(14-27)16-29-22-10-4-9-21(13-22)28-2/h3-4,7-10,12-13,18H,5-6,11,14-16H2,1-2H3/t18-/m1/s1. The second-order valence-electron chi connectivity index (χ2n) is 7.77. The predicted molar refractivity (Wildman–Crippen MR) is 113 cm³/mol. The van der Waals surface area contributed by atoms with E-state index in [2.05, 4.69) is 9.88 Å². The van der Waals surface area contributed by atoms with Crippen LogP contribution >= 0.6 is 0 Å².